The monoisotopic (exact) mass is 339 g/mol. The second-order valence-electron chi connectivity index (χ2n) is 4.76. The summed E-state index contributed by atoms with van der Waals surface area (Å²) in [6.45, 7) is 0. The minimum atomic E-state index is -4.40. The third-order valence-corrected chi connectivity index (χ3v) is 4.13. The van der Waals surface area contributed by atoms with Crippen molar-refractivity contribution in [2.75, 3.05) is 0 Å². The molecule has 1 atom stereocenters. The topological polar surface area (TPSA) is 83.5 Å². The Labute approximate surface area is 126 Å². The van der Waals surface area contributed by atoms with E-state index >= 15 is 0 Å². The average molecular weight is 339 g/mol. The largest absolute Gasteiger partial charge is 0.480 e. The minimum Gasteiger partial charge on any atom is -0.480 e. The van der Waals surface area contributed by atoms with Crippen molar-refractivity contribution in [2.24, 2.45) is 0 Å². The van der Waals surface area contributed by atoms with Gasteiger partial charge in [-0.2, -0.15) is 13.2 Å². The summed E-state index contributed by atoms with van der Waals surface area (Å²) in [5, 5.41) is 8.92. The lowest BCUT2D eigenvalue weighted by molar-refractivity contribution is -0.142. The Hall–Kier alpha value is -1.61. The number of aliphatic carboxylic acids is 1. The zero-order chi connectivity index (χ0) is 16.8. The fourth-order valence-electron chi connectivity index (χ4n) is 1.79. The molecule has 0 bridgehead atoms. The fraction of sp³-hybridized carbons (Fsp3) is 0.462. The van der Waals surface area contributed by atoms with Gasteiger partial charge in [-0.1, -0.05) is 30.3 Å². The highest BCUT2D eigenvalue weighted by Gasteiger charge is 2.29. The van der Waals surface area contributed by atoms with Gasteiger partial charge in [-0.3, -0.25) is 4.79 Å². The number of hydrogen-bond acceptors (Lipinski definition) is 3. The van der Waals surface area contributed by atoms with Gasteiger partial charge in [0.25, 0.3) is 0 Å². The van der Waals surface area contributed by atoms with Crippen molar-refractivity contribution >= 4 is 16.0 Å². The van der Waals surface area contributed by atoms with Crippen LogP contribution in [-0.4, -0.2) is 31.7 Å². The summed E-state index contributed by atoms with van der Waals surface area (Å²) in [5.41, 5.74) is 0.453. The first-order valence-electron chi connectivity index (χ1n) is 6.42. The van der Waals surface area contributed by atoms with Crippen molar-refractivity contribution in [2.45, 2.75) is 37.2 Å². The molecule has 1 unspecified atom stereocenters. The van der Waals surface area contributed by atoms with Crippen molar-refractivity contribution in [1.82, 2.24) is 4.72 Å². The normalized spacial score (nSPS) is 13.8. The number of benzene rings is 1. The summed E-state index contributed by atoms with van der Waals surface area (Å²) < 4.78 is 61.8. The maximum atomic E-state index is 12.0. The molecule has 9 heteroatoms. The fourth-order valence-corrected chi connectivity index (χ4v) is 3.16. The van der Waals surface area contributed by atoms with E-state index in [0.717, 1.165) is 0 Å². The smallest absolute Gasteiger partial charge is 0.389 e. The quantitative estimate of drug-likeness (QED) is 0.761. The van der Waals surface area contributed by atoms with Gasteiger partial charge in [0.05, 0.1) is 5.75 Å². The van der Waals surface area contributed by atoms with E-state index in [1.807, 2.05) is 4.72 Å². The van der Waals surface area contributed by atoms with E-state index in [9.17, 15) is 26.4 Å². The molecular formula is C13H16F3NO4S. The van der Waals surface area contributed by atoms with Crippen molar-refractivity contribution in [3.05, 3.63) is 35.9 Å². The summed E-state index contributed by atoms with van der Waals surface area (Å²) in [7, 11) is -3.96. The maximum absolute atomic E-state index is 12.0. The van der Waals surface area contributed by atoms with E-state index in [1.54, 1.807) is 30.3 Å². The molecular weight excluding hydrogens is 323 g/mol. The summed E-state index contributed by atoms with van der Waals surface area (Å²) in [5.74, 6) is -1.93. The molecule has 0 spiro atoms. The van der Waals surface area contributed by atoms with Gasteiger partial charge in [-0.15, -0.1) is 0 Å². The van der Waals surface area contributed by atoms with E-state index in [2.05, 4.69) is 0 Å². The third kappa shape index (κ3) is 7.41. The lowest BCUT2D eigenvalue weighted by Gasteiger charge is -2.15. The molecule has 0 saturated heterocycles. The Bertz CT molecular complexity index is 587. The van der Waals surface area contributed by atoms with Gasteiger partial charge in [0, 0.05) is 6.42 Å². The SMILES string of the molecule is O=C(O)C(CCCC(F)(F)F)NS(=O)(=O)Cc1ccccc1. The van der Waals surface area contributed by atoms with Crippen LogP contribution in [0.1, 0.15) is 24.8 Å². The average Bonchev–Trinajstić information content (AvgIpc) is 2.36. The summed E-state index contributed by atoms with van der Waals surface area (Å²) in [6.07, 6.45) is -6.44. The molecule has 0 aliphatic carbocycles. The first-order valence-corrected chi connectivity index (χ1v) is 8.08. The Morgan fingerprint density at radius 2 is 1.82 bits per heavy atom. The number of alkyl halides is 3. The van der Waals surface area contributed by atoms with Crippen molar-refractivity contribution < 1.29 is 31.5 Å². The lowest BCUT2D eigenvalue weighted by atomic mass is 10.1. The van der Waals surface area contributed by atoms with Crippen LogP contribution in [0.3, 0.4) is 0 Å². The molecule has 0 saturated carbocycles. The van der Waals surface area contributed by atoms with Gasteiger partial charge in [-0.25, -0.2) is 13.1 Å². The van der Waals surface area contributed by atoms with E-state index < -0.39 is 53.2 Å². The standard InChI is InChI=1S/C13H16F3NO4S/c14-13(15,16)8-4-7-11(12(18)19)17-22(20,21)9-10-5-2-1-3-6-10/h1-3,5-6,11,17H,4,7-9H2,(H,18,19). The molecule has 0 heterocycles. The molecule has 1 aromatic carbocycles. The van der Waals surface area contributed by atoms with Gasteiger partial charge in [-0.05, 0) is 18.4 Å². The van der Waals surface area contributed by atoms with E-state index in [-0.39, 0.29) is 0 Å². The zero-order valence-corrected chi connectivity index (χ0v) is 12.3. The number of hydrogen-bond donors (Lipinski definition) is 2. The molecule has 0 aromatic heterocycles. The number of halogens is 3. The summed E-state index contributed by atoms with van der Waals surface area (Å²) in [6, 6.07) is 6.49. The van der Waals surface area contributed by atoms with Crippen LogP contribution in [0.2, 0.25) is 0 Å². The second-order valence-corrected chi connectivity index (χ2v) is 6.51. The molecule has 0 radical (unpaired) electrons. The highest BCUT2D eigenvalue weighted by molar-refractivity contribution is 7.88. The predicted octanol–water partition coefficient (Wildman–Crippen LogP) is 2.29. The van der Waals surface area contributed by atoms with E-state index in [0.29, 0.717) is 5.56 Å². The van der Waals surface area contributed by atoms with E-state index in [1.165, 1.54) is 0 Å². The molecule has 2 N–H and O–H groups in total. The number of carboxylic acid groups (broad SMARTS) is 1. The first kappa shape index (κ1) is 18.4. The Morgan fingerprint density at radius 1 is 1.23 bits per heavy atom. The Balaban J connectivity index is 2.63. The summed E-state index contributed by atoms with van der Waals surface area (Å²) in [4.78, 5) is 11.0. The van der Waals surface area contributed by atoms with Crippen molar-refractivity contribution in [3.63, 3.8) is 0 Å². The highest BCUT2D eigenvalue weighted by Crippen LogP contribution is 2.22. The molecule has 0 amide bonds. The van der Waals surface area contributed by atoms with Crippen LogP contribution < -0.4 is 4.72 Å². The molecule has 0 aliphatic rings. The van der Waals surface area contributed by atoms with Crippen molar-refractivity contribution in [3.8, 4) is 0 Å². The first-order chi connectivity index (χ1) is 10.1. The number of sulfonamides is 1. The van der Waals surface area contributed by atoms with Gasteiger partial charge >= 0.3 is 12.1 Å². The van der Waals surface area contributed by atoms with Crippen LogP contribution in [0.15, 0.2) is 30.3 Å². The van der Waals surface area contributed by atoms with Gasteiger partial charge in [0.15, 0.2) is 0 Å². The molecule has 5 nitrogen and oxygen atoms in total. The number of carboxylic acids is 1. The molecule has 1 rings (SSSR count). The zero-order valence-electron chi connectivity index (χ0n) is 11.5. The molecule has 1 aromatic rings. The van der Waals surface area contributed by atoms with Gasteiger partial charge < -0.3 is 5.11 Å². The molecule has 0 fully saturated rings. The molecule has 0 aliphatic heterocycles. The Morgan fingerprint density at radius 3 is 2.32 bits per heavy atom. The van der Waals surface area contributed by atoms with E-state index in [4.69, 9.17) is 5.11 Å². The van der Waals surface area contributed by atoms with Crippen LogP contribution in [-0.2, 0) is 20.6 Å². The van der Waals surface area contributed by atoms with Crippen LogP contribution in [0.25, 0.3) is 0 Å². The number of rotatable bonds is 8. The summed E-state index contributed by atoms with van der Waals surface area (Å²) >= 11 is 0. The molecule has 22 heavy (non-hydrogen) atoms. The molecule has 124 valence electrons. The van der Waals surface area contributed by atoms with Crippen LogP contribution in [0.5, 0.6) is 0 Å². The predicted molar refractivity (Wildman–Crippen MR) is 73.5 cm³/mol. The van der Waals surface area contributed by atoms with Gasteiger partial charge in [0.2, 0.25) is 10.0 Å². The third-order valence-electron chi connectivity index (χ3n) is 2.77. The maximum Gasteiger partial charge on any atom is 0.389 e. The minimum absolute atomic E-state index is 0.428. The van der Waals surface area contributed by atoms with Crippen LogP contribution in [0.4, 0.5) is 13.2 Å². The van der Waals surface area contributed by atoms with Crippen LogP contribution in [0, 0.1) is 0 Å². The highest BCUT2D eigenvalue weighted by atomic mass is 32.2. The second kappa shape index (κ2) is 7.59. The number of nitrogens with one attached hydrogen (secondary N) is 1. The lowest BCUT2D eigenvalue weighted by Crippen LogP contribution is -2.41. The number of carbonyl (C=O) groups is 1. The van der Waals surface area contributed by atoms with Gasteiger partial charge in [0.1, 0.15) is 6.04 Å². The van der Waals surface area contributed by atoms with Crippen molar-refractivity contribution in [1.29, 1.82) is 0 Å². The Kier molecular flexibility index (Phi) is 6.36. The van der Waals surface area contributed by atoms with Crippen LogP contribution >= 0.6 is 0 Å².